The molecule has 0 bridgehead atoms. The van der Waals surface area contributed by atoms with Gasteiger partial charge < -0.3 is 14.2 Å². The average Bonchev–Trinajstić information content (AvgIpc) is 2.97. The van der Waals surface area contributed by atoms with Gasteiger partial charge in [0.05, 0.1) is 19.8 Å². The largest absolute Gasteiger partial charge is 0.496 e. The number of nitrogens with two attached hydrogens (primary N) is 1. The molecule has 2 N–H and O–H groups in total. The van der Waals surface area contributed by atoms with E-state index in [1.165, 1.54) is 14.2 Å². The zero-order valence-corrected chi connectivity index (χ0v) is 18.4. The molecule has 0 aromatic heterocycles. The van der Waals surface area contributed by atoms with Crippen LogP contribution < -0.4 is 10.5 Å². The van der Waals surface area contributed by atoms with Gasteiger partial charge in [-0.25, -0.2) is 4.79 Å². The second-order valence-corrected chi connectivity index (χ2v) is 8.02. The Balaban J connectivity index is 2.65. The van der Waals surface area contributed by atoms with Crippen LogP contribution in [0.5, 0.6) is 5.75 Å². The highest BCUT2D eigenvalue weighted by Crippen LogP contribution is 2.43. The summed E-state index contributed by atoms with van der Waals surface area (Å²) in [5.41, 5.74) is 7.07. The van der Waals surface area contributed by atoms with Crippen molar-refractivity contribution >= 4 is 40.9 Å². The molecule has 1 atom stereocenters. The SMILES string of the molecule is COC(=O)CC/C(C)=C/Cc1c(OC)c(C)c2c(c1C(=O)C(F)(Cl)Cl)C(=O)OC2N. The van der Waals surface area contributed by atoms with Crippen molar-refractivity contribution in [3.63, 3.8) is 0 Å². The summed E-state index contributed by atoms with van der Waals surface area (Å²) in [7, 11) is 2.66. The number of alkyl halides is 3. The molecule has 10 heteroatoms. The van der Waals surface area contributed by atoms with E-state index >= 15 is 0 Å². The standard InChI is InChI=1S/C20H22Cl2FNO6/c1-9(6-8-12(25)28-3)5-7-11-14(17(26)20(21,22)23)15-13(10(2)16(11)29-4)18(24)30-19(15)27/h5,18H,6-8,24H2,1-4H3/b9-5+. The van der Waals surface area contributed by atoms with E-state index in [0.29, 0.717) is 12.0 Å². The monoisotopic (exact) mass is 461 g/mol. The van der Waals surface area contributed by atoms with Gasteiger partial charge in [-0.1, -0.05) is 34.9 Å². The van der Waals surface area contributed by atoms with Crippen LogP contribution in [0, 0.1) is 6.92 Å². The van der Waals surface area contributed by atoms with Gasteiger partial charge in [-0.15, -0.1) is 0 Å². The van der Waals surface area contributed by atoms with Crippen molar-refractivity contribution in [3.05, 3.63) is 39.5 Å². The Morgan fingerprint density at radius 2 is 1.93 bits per heavy atom. The fourth-order valence-corrected chi connectivity index (χ4v) is 3.57. The highest BCUT2D eigenvalue weighted by molar-refractivity contribution is 6.58. The Kier molecular flexibility index (Phi) is 7.49. The minimum absolute atomic E-state index is 0.0811. The summed E-state index contributed by atoms with van der Waals surface area (Å²) in [6, 6.07) is 0. The number of benzene rings is 1. The molecule has 1 aliphatic heterocycles. The van der Waals surface area contributed by atoms with Gasteiger partial charge in [0.1, 0.15) is 5.75 Å². The van der Waals surface area contributed by atoms with E-state index in [1.54, 1.807) is 19.9 Å². The summed E-state index contributed by atoms with van der Waals surface area (Å²) in [4.78, 5) is 36.5. The molecular weight excluding hydrogens is 440 g/mol. The first-order chi connectivity index (χ1) is 13.9. The van der Waals surface area contributed by atoms with Crippen molar-refractivity contribution in [1.82, 2.24) is 0 Å². The molecule has 1 aliphatic rings. The lowest BCUT2D eigenvalue weighted by atomic mass is 9.87. The fourth-order valence-electron chi connectivity index (χ4n) is 3.38. The number of halogens is 3. The summed E-state index contributed by atoms with van der Waals surface area (Å²) in [5.74, 6) is -2.33. The molecule has 1 unspecified atom stereocenters. The van der Waals surface area contributed by atoms with E-state index in [2.05, 4.69) is 4.74 Å². The number of rotatable bonds is 8. The molecule has 0 spiro atoms. The van der Waals surface area contributed by atoms with E-state index in [4.69, 9.17) is 38.4 Å². The molecule has 7 nitrogen and oxygen atoms in total. The van der Waals surface area contributed by atoms with Gasteiger partial charge in [-0.2, -0.15) is 4.39 Å². The third kappa shape index (κ3) is 4.77. The van der Waals surface area contributed by atoms with E-state index in [1.807, 2.05) is 0 Å². The highest BCUT2D eigenvalue weighted by Gasteiger charge is 2.44. The van der Waals surface area contributed by atoms with Gasteiger partial charge in [0.25, 0.3) is 0 Å². The first-order valence-corrected chi connectivity index (χ1v) is 9.73. The van der Waals surface area contributed by atoms with Crippen molar-refractivity contribution in [2.75, 3.05) is 14.2 Å². The maximum Gasteiger partial charge on any atom is 0.341 e. The van der Waals surface area contributed by atoms with Crippen LogP contribution in [0.25, 0.3) is 0 Å². The summed E-state index contributed by atoms with van der Waals surface area (Å²) in [5, 5.41) is 0. The van der Waals surface area contributed by atoms with Crippen molar-refractivity contribution in [1.29, 1.82) is 0 Å². The number of carbonyl (C=O) groups excluding carboxylic acids is 3. The van der Waals surface area contributed by atoms with Gasteiger partial charge in [0, 0.05) is 28.7 Å². The third-order valence-corrected chi connectivity index (χ3v) is 5.20. The van der Waals surface area contributed by atoms with Gasteiger partial charge >= 0.3 is 16.5 Å². The molecule has 30 heavy (non-hydrogen) atoms. The lowest BCUT2D eigenvalue weighted by molar-refractivity contribution is -0.140. The molecule has 164 valence electrons. The molecule has 0 amide bonds. The number of hydrogen-bond donors (Lipinski definition) is 1. The Bertz CT molecular complexity index is 923. The van der Waals surface area contributed by atoms with Gasteiger partial charge in [0.15, 0.2) is 6.23 Å². The second kappa shape index (κ2) is 9.32. The van der Waals surface area contributed by atoms with Crippen LogP contribution in [0.3, 0.4) is 0 Å². The number of ether oxygens (including phenoxy) is 3. The summed E-state index contributed by atoms with van der Waals surface area (Å²) in [6.07, 6.45) is 1.25. The number of esters is 2. The number of carbonyl (C=O) groups is 3. The molecule has 0 saturated heterocycles. The van der Waals surface area contributed by atoms with E-state index < -0.39 is 22.6 Å². The lowest BCUT2D eigenvalue weighted by Crippen LogP contribution is -2.25. The number of hydrogen-bond acceptors (Lipinski definition) is 7. The first-order valence-electron chi connectivity index (χ1n) is 8.97. The van der Waals surface area contributed by atoms with Crippen molar-refractivity contribution in [2.45, 2.75) is 43.9 Å². The zero-order chi connectivity index (χ0) is 22.8. The molecular formula is C20H22Cl2FNO6. The number of Topliss-reactive ketones (excluding diaryl/α,β-unsaturated/α-hetero) is 1. The maximum absolute atomic E-state index is 14.2. The van der Waals surface area contributed by atoms with Gasteiger partial charge in [-0.3, -0.25) is 15.3 Å². The lowest BCUT2D eigenvalue weighted by Gasteiger charge is -2.20. The van der Waals surface area contributed by atoms with Crippen LogP contribution in [0.1, 0.15) is 63.4 Å². The summed E-state index contributed by atoms with van der Waals surface area (Å²) in [6.45, 7) is 3.43. The number of ketones is 1. The fraction of sp³-hybridized carbons (Fsp3) is 0.450. The Hall–Kier alpha value is -2.16. The topological polar surface area (TPSA) is 105 Å². The molecule has 0 fully saturated rings. The minimum Gasteiger partial charge on any atom is -0.496 e. The first kappa shape index (κ1) is 24.1. The zero-order valence-electron chi connectivity index (χ0n) is 16.9. The summed E-state index contributed by atoms with van der Waals surface area (Å²) < 4.78 is 26.0. The van der Waals surface area contributed by atoms with Crippen LogP contribution in [-0.2, 0) is 20.7 Å². The average molecular weight is 462 g/mol. The molecule has 1 aromatic rings. The predicted molar refractivity (Wildman–Crippen MR) is 109 cm³/mol. The van der Waals surface area contributed by atoms with Crippen LogP contribution in [0.2, 0.25) is 0 Å². The van der Waals surface area contributed by atoms with Crippen molar-refractivity contribution in [3.8, 4) is 5.75 Å². The van der Waals surface area contributed by atoms with E-state index in [9.17, 15) is 18.8 Å². The number of allylic oxidation sites excluding steroid dienone is 2. The molecule has 0 aliphatic carbocycles. The van der Waals surface area contributed by atoms with Crippen molar-refractivity contribution < 1.29 is 33.0 Å². The molecule has 0 saturated carbocycles. The number of cyclic esters (lactones) is 1. The van der Waals surface area contributed by atoms with Crippen LogP contribution in [-0.4, -0.2) is 36.5 Å². The predicted octanol–water partition coefficient (Wildman–Crippen LogP) is 3.86. The second-order valence-electron chi connectivity index (χ2n) is 6.78. The molecule has 1 aromatic carbocycles. The quantitative estimate of drug-likeness (QED) is 0.271. The smallest absolute Gasteiger partial charge is 0.341 e. The van der Waals surface area contributed by atoms with Gasteiger partial charge in [-0.05, 0) is 26.7 Å². The number of methoxy groups -OCH3 is 2. The van der Waals surface area contributed by atoms with Crippen LogP contribution in [0.15, 0.2) is 11.6 Å². The van der Waals surface area contributed by atoms with E-state index in [-0.39, 0.29) is 46.8 Å². The Morgan fingerprint density at radius 3 is 2.47 bits per heavy atom. The van der Waals surface area contributed by atoms with Crippen LogP contribution >= 0.6 is 23.2 Å². The van der Waals surface area contributed by atoms with Crippen LogP contribution in [0.4, 0.5) is 4.39 Å². The Morgan fingerprint density at radius 1 is 1.30 bits per heavy atom. The highest BCUT2D eigenvalue weighted by atomic mass is 35.5. The maximum atomic E-state index is 14.2. The normalized spacial score (nSPS) is 16.2. The van der Waals surface area contributed by atoms with E-state index in [0.717, 1.165) is 5.57 Å². The molecule has 2 rings (SSSR count). The summed E-state index contributed by atoms with van der Waals surface area (Å²) >= 11 is 10.9. The minimum atomic E-state index is -3.28. The third-order valence-electron chi connectivity index (χ3n) is 4.86. The molecule has 1 heterocycles. The van der Waals surface area contributed by atoms with Crippen molar-refractivity contribution in [2.24, 2.45) is 5.73 Å². The van der Waals surface area contributed by atoms with Gasteiger partial charge in [0.2, 0.25) is 5.78 Å². The molecule has 0 radical (unpaired) electrons. The number of fused-ring (bicyclic) bond motifs is 1. The Labute approximate surface area is 183 Å².